The van der Waals surface area contributed by atoms with E-state index in [0.29, 0.717) is 0 Å². The van der Waals surface area contributed by atoms with Gasteiger partial charge in [-0.3, -0.25) is 0 Å². The van der Waals surface area contributed by atoms with Gasteiger partial charge in [0, 0.05) is 6.04 Å². The molecule has 0 spiro atoms. The summed E-state index contributed by atoms with van der Waals surface area (Å²) in [7, 11) is 0. The number of hydrogen-bond acceptors (Lipinski definition) is 2. The quantitative estimate of drug-likeness (QED) is 0.552. The van der Waals surface area contributed by atoms with E-state index in [1.165, 1.54) is 0 Å². The molecule has 0 saturated heterocycles. The lowest BCUT2D eigenvalue weighted by molar-refractivity contribution is 0.730. The molecule has 4 N–H and O–H groups in total. The van der Waals surface area contributed by atoms with Gasteiger partial charge in [-0.2, -0.15) is 0 Å². The Kier molecular flexibility index (Phi) is 3.28. The first kappa shape index (κ1) is 7.50. The molecule has 0 aromatic carbocycles. The second kappa shape index (κ2) is 3.50. The van der Waals surface area contributed by atoms with Gasteiger partial charge in [0.1, 0.15) is 0 Å². The average Bonchev–Trinajstić information content (AvgIpc) is 1.65. The normalized spacial score (nSPS) is 16.1. The molecule has 1 atom stereocenters. The molecular weight excluding hydrogens is 100 g/mol. The van der Waals surface area contributed by atoms with Crippen LogP contribution in [0.3, 0.4) is 0 Å². The van der Waals surface area contributed by atoms with Gasteiger partial charge in [0.2, 0.25) is 0 Å². The van der Waals surface area contributed by atoms with E-state index in [0.717, 1.165) is 12.0 Å². The minimum absolute atomic E-state index is 0.231. The van der Waals surface area contributed by atoms with Crippen molar-refractivity contribution in [3.63, 3.8) is 0 Å². The van der Waals surface area contributed by atoms with Crippen LogP contribution in [0.15, 0.2) is 11.8 Å². The minimum Gasteiger partial charge on any atom is -0.405 e. The van der Waals surface area contributed by atoms with E-state index in [4.69, 9.17) is 11.5 Å². The summed E-state index contributed by atoms with van der Waals surface area (Å²) in [5.74, 6) is 0. The fourth-order valence-electron chi connectivity index (χ4n) is 0.576. The monoisotopic (exact) mass is 114 g/mol. The predicted octanol–water partition coefficient (Wildman–Crippen LogP) is 0.586. The van der Waals surface area contributed by atoms with Gasteiger partial charge in [-0.05, 0) is 26.5 Å². The Morgan fingerprint density at radius 2 is 2.25 bits per heavy atom. The molecule has 0 aromatic rings. The van der Waals surface area contributed by atoms with Crippen LogP contribution in [0.2, 0.25) is 0 Å². The average molecular weight is 114 g/mol. The Bertz CT molecular complexity index is 84.5. The highest BCUT2D eigenvalue weighted by molar-refractivity contribution is 4.96. The van der Waals surface area contributed by atoms with E-state index in [9.17, 15) is 0 Å². The van der Waals surface area contributed by atoms with E-state index in [-0.39, 0.29) is 6.04 Å². The third-order valence-electron chi connectivity index (χ3n) is 0.928. The SMILES string of the molecule is C/C(=C\N)CC(C)N. The first-order chi connectivity index (χ1) is 3.66. The van der Waals surface area contributed by atoms with Crippen LogP contribution in [0, 0.1) is 0 Å². The van der Waals surface area contributed by atoms with Crippen molar-refractivity contribution in [1.82, 2.24) is 0 Å². The Labute approximate surface area is 50.6 Å². The molecule has 0 amide bonds. The van der Waals surface area contributed by atoms with Crippen LogP contribution in [0.5, 0.6) is 0 Å². The van der Waals surface area contributed by atoms with Crippen LogP contribution in [0.25, 0.3) is 0 Å². The largest absolute Gasteiger partial charge is 0.405 e. The van der Waals surface area contributed by atoms with Crippen molar-refractivity contribution in [2.24, 2.45) is 11.5 Å². The van der Waals surface area contributed by atoms with Crippen molar-refractivity contribution in [3.05, 3.63) is 11.8 Å². The topological polar surface area (TPSA) is 52.0 Å². The molecule has 0 saturated carbocycles. The van der Waals surface area contributed by atoms with Gasteiger partial charge in [-0.25, -0.2) is 0 Å². The smallest absolute Gasteiger partial charge is 0.00482 e. The summed E-state index contributed by atoms with van der Waals surface area (Å²) in [5.41, 5.74) is 11.8. The maximum Gasteiger partial charge on any atom is 0.00482 e. The van der Waals surface area contributed by atoms with Gasteiger partial charge in [0.15, 0.2) is 0 Å². The third-order valence-corrected chi connectivity index (χ3v) is 0.928. The van der Waals surface area contributed by atoms with Crippen molar-refractivity contribution in [2.75, 3.05) is 0 Å². The summed E-state index contributed by atoms with van der Waals surface area (Å²) in [6.45, 7) is 3.94. The lowest BCUT2D eigenvalue weighted by Crippen LogP contribution is -2.14. The molecule has 0 rings (SSSR count). The zero-order valence-electron chi connectivity index (χ0n) is 5.52. The summed E-state index contributed by atoms with van der Waals surface area (Å²) in [6.07, 6.45) is 2.50. The summed E-state index contributed by atoms with van der Waals surface area (Å²) in [5, 5.41) is 0. The van der Waals surface area contributed by atoms with E-state index in [1.54, 1.807) is 6.20 Å². The Hall–Kier alpha value is -0.500. The van der Waals surface area contributed by atoms with Crippen LogP contribution in [0.4, 0.5) is 0 Å². The van der Waals surface area contributed by atoms with Crippen molar-refractivity contribution in [3.8, 4) is 0 Å². The van der Waals surface area contributed by atoms with Gasteiger partial charge in [0.25, 0.3) is 0 Å². The van der Waals surface area contributed by atoms with Gasteiger partial charge in [0.05, 0.1) is 0 Å². The summed E-state index contributed by atoms with van der Waals surface area (Å²) >= 11 is 0. The third kappa shape index (κ3) is 3.68. The molecule has 1 unspecified atom stereocenters. The lowest BCUT2D eigenvalue weighted by Gasteiger charge is -2.02. The highest BCUT2D eigenvalue weighted by Gasteiger charge is 1.92. The van der Waals surface area contributed by atoms with E-state index < -0.39 is 0 Å². The predicted molar refractivity (Wildman–Crippen MR) is 36.2 cm³/mol. The van der Waals surface area contributed by atoms with Gasteiger partial charge in [-0.1, -0.05) is 5.57 Å². The zero-order valence-corrected chi connectivity index (χ0v) is 5.52. The summed E-state index contributed by atoms with van der Waals surface area (Å²) < 4.78 is 0. The molecule has 0 aromatic heterocycles. The maximum atomic E-state index is 5.47. The lowest BCUT2D eigenvalue weighted by atomic mass is 10.1. The molecular formula is C6H14N2. The van der Waals surface area contributed by atoms with Crippen LogP contribution in [-0.4, -0.2) is 6.04 Å². The Morgan fingerprint density at radius 1 is 1.75 bits per heavy atom. The second-order valence-corrected chi connectivity index (χ2v) is 2.19. The highest BCUT2D eigenvalue weighted by atomic mass is 14.6. The molecule has 48 valence electrons. The van der Waals surface area contributed by atoms with E-state index in [1.807, 2.05) is 13.8 Å². The molecule has 0 fully saturated rings. The molecule has 8 heavy (non-hydrogen) atoms. The summed E-state index contributed by atoms with van der Waals surface area (Å²) in [4.78, 5) is 0. The second-order valence-electron chi connectivity index (χ2n) is 2.19. The fraction of sp³-hybridized carbons (Fsp3) is 0.667. The first-order valence-corrected chi connectivity index (χ1v) is 2.79. The molecule has 0 aliphatic heterocycles. The van der Waals surface area contributed by atoms with Gasteiger partial charge < -0.3 is 11.5 Å². The van der Waals surface area contributed by atoms with Crippen molar-refractivity contribution < 1.29 is 0 Å². The van der Waals surface area contributed by atoms with Crippen molar-refractivity contribution >= 4 is 0 Å². The first-order valence-electron chi connectivity index (χ1n) is 2.79. The fourth-order valence-corrected chi connectivity index (χ4v) is 0.576. The van der Waals surface area contributed by atoms with E-state index in [2.05, 4.69) is 0 Å². The van der Waals surface area contributed by atoms with Crippen molar-refractivity contribution in [2.45, 2.75) is 26.3 Å². The zero-order chi connectivity index (χ0) is 6.57. The van der Waals surface area contributed by atoms with Crippen LogP contribution >= 0.6 is 0 Å². The standard InChI is InChI=1S/C6H14N2/c1-5(4-7)3-6(2)8/h4,6H,3,7-8H2,1-2H3/b5-4+. The van der Waals surface area contributed by atoms with Gasteiger partial charge >= 0.3 is 0 Å². The van der Waals surface area contributed by atoms with Gasteiger partial charge in [-0.15, -0.1) is 0 Å². The molecule has 0 bridgehead atoms. The minimum atomic E-state index is 0.231. The van der Waals surface area contributed by atoms with E-state index >= 15 is 0 Å². The highest BCUT2D eigenvalue weighted by Crippen LogP contribution is 1.98. The molecule has 0 aliphatic rings. The Morgan fingerprint density at radius 3 is 2.38 bits per heavy atom. The maximum absolute atomic E-state index is 5.47. The number of nitrogens with two attached hydrogens (primary N) is 2. The molecule has 0 aliphatic carbocycles. The Balaban J connectivity index is 3.39. The van der Waals surface area contributed by atoms with Crippen LogP contribution in [-0.2, 0) is 0 Å². The molecule has 0 radical (unpaired) electrons. The molecule has 2 nitrogen and oxygen atoms in total. The van der Waals surface area contributed by atoms with Crippen molar-refractivity contribution in [1.29, 1.82) is 0 Å². The molecule has 0 heterocycles. The van der Waals surface area contributed by atoms with Crippen LogP contribution in [0.1, 0.15) is 20.3 Å². The van der Waals surface area contributed by atoms with Crippen LogP contribution < -0.4 is 11.5 Å². The number of rotatable bonds is 2. The summed E-state index contributed by atoms with van der Waals surface area (Å²) in [6, 6.07) is 0.231. The molecule has 2 heteroatoms. The number of hydrogen-bond donors (Lipinski definition) is 2.